The van der Waals surface area contributed by atoms with Gasteiger partial charge in [-0.25, -0.2) is 4.98 Å². The van der Waals surface area contributed by atoms with Gasteiger partial charge in [0.15, 0.2) is 0 Å². The minimum atomic E-state index is 0.576. The number of aryl methyl sites for hydroxylation is 1. The lowest BCUT2D eigenvalue weighted by Gasteiger charge is -2.07. The average molecular weight is 197 g/mol. The Morgan fingerprint density at radius 3 is 2.92 bits per heavy atom. The highest BCUT2D eigenvalue weighted by atomic mass is 35.5. The van der Waals surface area contributed by atoms with Crippen LogP contribution in [-0.4, -0.2) is 11.0 Å². The fourth-order valence-corrected chi connectivity index (χ4v) is 1.51. The van der Waals surface area contributed by atoms with Crippen LogP contribution in [0.2, 0.25) is 5.02 Å². The van der Waals surface area contributed by atoms with Crippen molar-refractivity contribution in [3.63, 3.8) is 0 Å². The van der Waals surface area contributed by atoms with E-state index >= 15 is 0 Å². The monoisotopic (exact) mass is 196 g/mol. The Kier molecular flexibility index (Phi) is 2.16. The molecular weight excluding hydrogens is 184 g/mol. The highest BCUT2D eigenvalue weighted by molar-refractivity contribution is 6.33. The minimum Gasteiger partial charge on any atom is -0.366 e. The van der Waals surface area contributed by atoms with Crippen LogP contribution in [0, 0.1) is 12.8 Å². The molecule has 2 rings (SSSR count). The number of hydrogen-bond donors (Lipinski definition) is 1. The second-order valence-electron chi connectivity index (χ2n) is 3.75. The van der Waals surface area contributed by atoms with Crippen molar-refractivity contribution in [3.8, 4) is 0 Å². The third-order valence-electron chi connectivity index (χ3n) is 2.51. The summed E-state index contributed by atoms with van der Waals surface area (Å²) in [6.45, 7) is 4.22. The van der Waals surface area contributed by atoms with E-state index in [2.05, 4.69) is 17.2 Å². The van der Waals surface area contributed by atoms with Gasteiger partial charge in [-0.1, -0.05) is 18.5 Å². The minimum absolute atomic E-state index is 0.576. The lowest BCUT2D eigenvalue weighted by atomic mass is 10.3. The fourth-order valence-electron chi connectivity index (χ4n) is 1.34. The van der Waals surface area contributed by atoms with Crippen molar-refractivity contribution in [2.45, 2.75) is 26.3 Å². The van der Waals surface area contributed by atoms with E-state index in [1.54, 1.807) is 6.20 Å². The Morgan fingerprint density at radius 2 is 2.31 bits per heavy atom. The lowest BCUT2D eigenvalue weighted by molar-refractivity contribution is 0.923. The molecule has 1 heterocycles. The number of rotatable bonds is 2. The predicted octanol–water partition coefficient (Wildman–Crippen LogP) is 2.86. The molecule has 1 fully saturated rings. The second-order valence-corrected chi connectivity index (χ2v) is 4.13. The zero-order valence-corrected chi connectivity index (χ0v) is 8.60. The molecule has 1 saturated carbocycles. The Bertz CT molecular complexity index is 325. The molecule has 0 bridgehead atoms. The lowest BCUT2D eigenvalue weighted by Crippen LogP contribution is -2.06. The second kappa shape index (κ2) is 3.18. The molecule has 2 atom stereocenters. The smallest absolute Gasteiger partial charge is 0.145 e. The Morgan fingerprint density at radius 1 is 1.62 bits per heavy atom. The van der Waals surface area contributed by atoms with Crippen LogP contribution in [0.25, 0.3) is 0 Å². The molecule has 1 N–H and O–H groups in total. The molecule has 70 valence electrons. The average Bonchev–Trinajstić information content (AvgIpc) is 2.77. The van der Waals surface area contributed by atoms with E-state index in [1.165, 1.54) is 6.42 Å². The van der Waals surface area contributed by atoms with Crippen molar-refractivity contribution in [1.82, 2.24) is 4.98 Å². The largest absolute Gasteiger partial charge is 0.366 e. The van der Waals surface area contributed by atoms with Gasteiger partial charge in [0, 0.05) is 12.2 Å². The summed E-state index contributed by atoms with van der Waals surface area (Å²) in [5, 5.41) is 4.08. The Labute approximate surface area is 83.3 Å². The standard InChI is InChI=1S/C10H13ClN2/c1-6-3-4-12-10(9(6)11)13-8-5-7(8)2/h3-4,7-8H,5H2,1-2H3,(H,12,13)/t7-,8-/m1/s1. The first-order valence-corrected chi connectivity index (χ1v) is 4.94. The van der Waals surface area contributed by atoms with E-state index < -0.39 is 0 Å². The van der Waals surface area contributed by atoms with Crippen molar-refractivity contribution >= 4 is 17.4 Å². The van der Waals surface area contributed by atoms with Gasteiger partial charge in [-0.3, -0.25) is 0 Å². The first-order chi connectivity index (χ1) is 6.18. The van der Waals surface area contributed by atoms with Gasteiger partial charge in [-0.05, 0) is 30.9 Å². The van der Waals surface area contributed by atoms with E-state index in [-0.39, 0.29) is 0 Å². The zero-order valence-electron chi connectivity index (χ0n) is 7.84. The molecule has 1 aliphatic rings. The molecule has 0 aliphatic heterocycles. The van der Waals surface area contributed by atoms with E-state index in [1.807, 2.05) is 13.0 Å². The number of halogens is 1. The molecule has 0 unspecified atom stereocenters. The maximum Gasteiger partial charge on any atom is 0.145 e. The predicted molar refractivity (Wildman–Crippen MR) is 55.2 cm³/mol. The maximum absolute atomic E-state index is 6.09. The molecule has 0 amide bonds. The van der Waals surface area contributed by atoms with Crippen LogP contribution in [0.3, 0.4) is 0 Å². The van der Waals surface area contributed by atoms with Gasteiger partial charge in [-0.2, -0.15) is 0 Å². The molecule has 0 saturated heterocycles. The molecule has 3 heteroatoms. The van der Waals surface area contributed by atoms with Crippen LogP contribution < -0.4 is 5.32 Å². The Balaban J connectivity index is 2.15. The summed E-state index contributed by atoms with van der Waals surface area (Å²) in [6, 6.07) is 2.50. The molecule has 0 radical (unpaired) electrons. The van der Waals surface area contributed by atoms with Crippen LogP contribution in [0.1, 0.15) is 18.9 Å². The van der Waals surface area contributed by atoms with Crippen LogP contribution in [0.4, 0.5) is 5.82 Å². The van der Waals surface area contributed by atoms with E-state index in [9.17, 15) is 0 Å². The zero-order chi connectivity index (χ0) is 9.42. The van der Waals surface area contributed by atoms with Gasteiger partial charge in [0.25, 0.3) is 0 Å². The van der Waals surface area contributed by atoms with Crippen LogP contribution in [-0.2, 0) is 0 Å². The van der Waals surface area contributed by atoms with Crippen LogP contribution in [0.15, 0.2) is 12.3 Å². The SMILES string of the molecule is Cc1ccnc(N[C@@H]2C[C@H]2C)c1Cl. The number of hydrogen-bond acceptors (Lipinski definition) is 2. The third kappa shape index (κ3) is 1.78. The third-order valence-corrected chi connectivity index (χ3v) is 2.99. The highest BCUT2D eigenvalue weighted by Gasteiger charge is 2.33. The summed E-state index contributed by atoms with van der Waals surface area (Å²) in [6.07, 6.45) is 3.02. The first kappa shape index (κ1) is 8.82. The van der Waals surface area contributed by atoms with E-state index in [4.69, 9.17) is 11.6 Å². The summed E-state index contributed by atoms with van der Waals surface area (Å²) in [4.78, 5) is 4.21. The summed E-state index contributed by atoms with van der Waals surface area (Å²) in [7, 11) is 0. The maximum atomic E-state index is 6.09. The van der Waals surface area contributed by atoms with E-state index in [0.29, 0.717) is 6.04 Å². The number of anilines is 1. The van der Waals surface area contributed by atoms with Gasteiger partial charge in [0.05, 0.1) is 5.02 Å². The van der Waals surface area contributed by atoms with Gasteiger partial charge < -0.3 is 5.32 Å². The van der Waals surface area contributed by atoms with Crippen LogP contribution in [0.5, 0.6) is 0 Å². The number of aromatic nitrogens is 1. The number of nitrogens with zero attached hydrogens (tertiary/aromatic N) is 1. The molecule has 2 nitrogen and oxygen atoms in total. The number of pyridine rings is 1. The van der Waals surface area contributed by atoms with E-state index in [0.717, 1.165) is 22.3 Å². The summed E-state index contributed by atoms with van der Waals surface area (Å²) >= 11 is 6.09. The molecule has 13 heavy (non-hydrogen) atoms. The van der Waals surface area contributed by atoms with Crippen molar-refractivity contribution in [2.24, 2.45) is 5.92 Å². The fraction of sp³-hybridized carbons (Fsp3) is 0.500. The quantitative estimate of drug-likeness (QED) is 0.787. The van der Waals surface area contributed by atoms with Crippen molar-refractivity contribution in [3.05, 3.63) is 22.8 Å². The molecule has 1 aromatic rings. The molecule has 0 aromatic carbocycles. The Hall–Kier alpha value is -0.760. The topological polar surface area (TPSA) is 24.9 Å². The van der Waals surface area contributed by atoms with Crippen molar-refractivity contribution in [2.75, 3.05) is 5.32 Å². The van der Waals surface area contributed by atoms with Gasteiger partial charge >= 0.3 is 0 Å². The first-order valence-electron chi connectivity index (χ1n) is 4.56. The van der Waals surface area contributed by atoms with Gasteiger partial charge in [0.2, 0.25) is 0 Å². The highest BCUT2D eigenvalue weighted by Crippen LogP contribution is 2.34. The van der Waals surface area contributed by atoms with Gasteiger partial charge in [-0.15, -0.1) is 0 Å². The summed E-state index contributed by atoms with van der Waals surface area (Å²) in [5.41, 5.74) is 1.08. The molecular formula is C10H13ClN2. The normalized spacial score (nSPS) is 25.8. The number of nitrogens with one attached hydrogen (secondary N) is 1. The molecule has 0 spiro atoms. The van der Waals surface area contributed by atoms with Gasteiger partial charge in [0.1, 0.15) is 5.82 Å². The van der Waals surface area contributed by atoms with Crippen molar-refractivity contribution in [1.29, 1.82) is 0 Å². The molecule has 1 aromatic heterocycles. The van der Waals surface area contributed by atoms with Crippen molar-refractivity contribution < 1.29 is 0 Å². The van der Waals surface area contributed by atoms with Crippen LogP contribution >= 0.6 is 11.6 Å². The summed E-state index contributed by atoms with van der Waals surface area (Å²) < 4.78 is 0. The summed E-state index contributed by atoms with van der Waals surface area (Å²) in [5.74, 6) is 1.59. The molecule has 1 aliphatic carbocycles.